The van der Waals surface area contributed by atoms with Gasteiger partial charge in [-0.25, -0.2) is 4.57 Å². The number of phosphoric ester groups is 1. The standard InChI is InChI=1S/C74H139O24P/c1-5-8-11-14-17-19-21-23-24-26-28-30-32-38-43-48-59(77)91-53-57-62(80)64(82)69(87)74(95-57)97-71-67(85)65(83)66(84)70(96-73-68(86)63(81)61(79)56(50-75)94-73)72(71)98-99(88,89)92-52-55(51-90-58(76)47-42-37-31-29-27-25-22-20-18-15-12-9-6-2)93-60(78)49-44-39-34-33-36-41-46-54(4)45-40-35-16-13-10-7-3/h54-57,61-75,79-87H,5-53H2,1-4H3,(H,88,89). The predicted octanol–water partition coefficient (Wildman–Crippen LogP) is 11.2. The zero-order chi connectivity index (χ0) is 72.6. The summed E-state index contributed by atoms with van der Waals surface area (Å²) in [4.78, 5) is 51.1. The van der Waals surface area contributed by atoms with E-state index in [1.807, 2.05) is 0 Å². The van der Waals surface area contributed by atoms with E-state index in [4.69, 9.17) is 42.2 Å². The van der Waals surface area contributed by atoms with E-state index >= 15 is 0 Å². The Hall–Kier alpha value is -2.04. The van der Waals surface area contributed by atoms with Crippen LogP contribution in [-0.2, 0) is 61.2 Å². The second-order valence-corrected chi connectivity index (χ2v) is 30.1. The number of hydrogen-bond acceptors (Lipinski definition) is 23. The summed E-state index contributed by atoms with van der Waals surface area (Å²) in [6.45, 7) is 5.80. The van der Waals surface area contributed by atoms with Crippen molar-refractivity contribution in [3.8, 4) is 0 Å². The molecule has 0 spiro atoms. The van der Waals surface area contributed by atoms with Gasteiger partial charge in [-0.3, -0.25) is 23.4 Å². The van der Waals surface area contributed by atoms with Gasteiger partial charge in [0.25, 0.3) is 0 Å². The van der Waals surface area contributed by atoms with Gasteiger partial charge in [0.05, 0.1) is 13.2 Å². The molecule has 2 aliphatic heterocycles. The van der Waals surface area contributed by atoms with Gasteiger partial charge in [0.1, 0.15) is 98.7 Å². The van der Waals surface area contributed by atoms with E-state index < -0.39 is 156 Å². The van der Waals surface area contributed by atoms with Gasteiger partial charge < -0.3 is 89.1 Å². The molecule has 19 unspecified atom stereocenters. The first kappa shape index (κ1) is 91.2. The van der Waals surface area contributed by atoms with Crippen LogP contribution in [0, 0.1) is 5.92 Å². The van der Waals surface area contributed by atoms with Crippen molar-refractivity contribution in [1.82, 2.24) is 0 Å². The molecule has 24 nitrogen and oxygen atoms in total. The Bertz CT molecular complexity index is 2060. The largest absolute Gasteiger partial charge is 0.472 e. The first-order chi connectivity index (χ1) is 47.7. The Balaban J connectivity index is 1.73. The third-order valence-corrected chi connectivity index (χ3v) is 20.8. The summed E-state index contributed by atoms with van der Waals surface area (Å²) in [5, 5.41) is 110. The Kier molecular flexibility index (Phi) is 51.0. The van der Waals surface area contributed by atoms with Gasteiger partial charge in [-0.1, -0.05) is 278 Å². The molecule has 3 aliphatic rings. The highest BCUT2D eigenvalue weighted by molar-refractivity contribution is 7.47. The maximum atomic E-state index is 14.4. The van der Waals surface area contributed by atoms with E-state index in [9.17, 15) is 74.9 Å². The smallest absolute Gasteiger partial charge is 0.463 e. The van der Waals surface area contributed by atoms with Crippen LogP contribution in [0.4, 0.5) is 0 Å². The van der Waals surface area contributed by atoms with Crippen LogP contribution in [0.1, 0.15) is 317 Å². The molecule has 2 saturated heterocycles. The zero-order valence-electron chi connectivity index (χ0n) is 61.2. The van der Waals surface area contributed by atoms with Crippen LogP contribution in [0.15, 0.2) is 0 Å². The molecule has 19 atom stereocenters. The molecule has 0 aromatic carbocycles. The summed E-state index contributed by atoms with van der Waals surface area (Å²) in [6, 6.07) is 0. The monoisotopic (exact) mass is 1440 g/mol. The molecular weight excluding hydrogens is 1300 g/mol. The van der Waals surface area contributed by atoms with Gasteiger partial charge in [0, 0.05) is 19.3 Å². The van der Waals surface area contributed by atoms with Crippen molar-refractivity contribution >= 4 is 25.7 Å². The topological polar surface area (TPSA) is 374 Å². The van der Waals surface area contributed by atoms with Gasteiger partial charge in [-0.05, 0) is 25.2 Å². The first-order valence-electron chi connectivity index (χ1n) is 39.2. The maximum Gasteiger partial charge on any atom is 0.472 e. The summed E-state index contributed by atoms with van der Waals surface area (Å²) in [5.74, 6) is -1.29. The molecule has 0 amide bonds. The van der Waals surface area contributed by atoms with Crippen molar-refractivity contribution < 1.29 is 117 Å². The Morgan fingerprint density at radius 1 is 0.384 bits per heavy atom. The summed E-state index contributed by atoms with van der Waals surface area (Å²) in [5.41, 5.74) is 0. The molecule has 99 heavy (non-hydrogen) atoms. The Labute approximate surface area is 593 Å². The van der Waals surface area contributed by atoms with Crippen molar-refractivity contribution in [2.45, 2.75) is 421 Å². The lowest BCUT2D eigenvalue weighted by atomic mass is 9.84. The van der Waals surface area contributed by atoms with Crippen LogP contribution in [0.5, 0.6) is 0 Å². The van der Waals surface area contributed by atoms with Crippen LogP contribution in [0.3, 0.4) is 0 Å². The average Bonchev–Trinajstić information content (AvgIpc) is 0.762. The minimum absolute atomic E-state index is 0.0335. The fourth-order valence-corrected chi connectivity index (χ4v) is 14.3. The number of aliphatic hydroxyl groups is 10. The molecule has 25 heteroatoms. The van der Waals surface area contributed by atoms with Crippen LogP contribution < -0.4 is 0 Å². The van der Waals surface area contributed by atoms with Crippen molar-refractivity contribution in [2.24, 2.45) is 5.92 Å². The molecule has 0 aromatic rings. The second-order valence-electron chi connectivity index (χ2n) is 28.7. The van der Waals surface area contributed by atoms with E-state index in [2.05, 4.69) is 27.7 Å². The van der Waals surface area contributed by atoms with Gasteiger partial charge in [0.2, 0.25) is 0 Å². The van der Waals surface area contributed by atoms with Gasteiger partial charge >= 0.3 is 25.7 Å². The average molecular weight is 1440 g/mol. The second kappa shape index (κ2) is 55.4. The maximum absolute atomic E-state index is 14.4. The first-order valence-corrected chi connectivity index (χ1v) is 40.7. The molecule has 0 aromatic heterocycles. The van der Waals surface area contributed by atoms with Crippen molar-refractivity contribution in [1.29, 1.82) is 0 Å². The number of esters is 3. The molecule has 1 saturated carbocycles. The summed E-state index contributed by atoms with van der Waals surface area (Å²) in [6.07, 6.45) is 11.6. The molecule has 584 valence electrons. The number of rotatable bonds is 61. The predicted molar refractivity (Wildman–Crippen MR) is 375 cm³/mol. The summed E-state index contributed by atoms with van der Waals surface area (Å²) in [7, 11) is -5.69. The third kappa shape index (κ3) is 38.7. The molecule has 11 N–H and O–H groups in total. The number of aliphatic hydroxyl groups excluding tert-OH is 10. The molecule has 3 fully saturated rings. The normalized spacial score (nSPS) is 27.7. The quantitative estimate of drug-likeness (QED) is 0.0117. The van der Waals surface area contributed by atoms with Gasteiger partial charge in [-0.15, -0.1) is 0 Å². The van der Waals surface area contributed by atoms with Crippen LogP contribution in [-0.4, -0.2) is 204 Å². The van der Waals surface area contributed by atoms with Crippen LogP contribution >= 0.6 is 7.82 Å². The molecular formula is C74H139O24P. The fourth-order valence-electron chi connectivity index (χ4n) is 13.3. The summed E-state index contributed by atoms with van der Waals surface area (Å²) < 4.78 is 65.2. The molecule has 2 heterocycles. The Morgan fingerprint density at radius 3 is 1.09 bits per heavy atom. The van der Waals surface area contributed by atoms with E-state index in [0.29, 0.717) is 25.2 Å². The molecule has 3 rings (SSSR count). The minimum Gasteiger partial charge on any atom is -0.463 e. The minimum atomic E-state index is -5.69. The van der Waals surface area contributed by atoms with Crippen molar-refractivity contribution in [3.05, 3.63) is 0 Å². The number of hydrogen-bond donors (Lipinski definition) is 11. The SMILES string of the molecule is CCCCCCCCCCCCCCCCCC(=O)OCC1OC(OC2C(O)C(O)C(O)C(OC3OC(CO)C(O)C(O)C3O)C2OP(=O)(O)OCC(COC(=O)CCCCCCCCCCCCCCC)OC(=O)CCCCCCCCC(C)CCCCCCCC)C(O)C(O)C1O. The molecule has 0 radical (unpaired) electrons. The Morgan fingerprint density at radius 2 is 0.707 bits per heavy atom. The number of carbonyl (C=O) groups excluding carboxylic acids is 3. The van der Waals surface area contributed by atoms with Gasteiger partial charge in [0.15, 0.2) is 18.7 Å². The fraction of sp³-hybridized carbons (Fsp3) is 0.959. The highest BCUT2D eigenvalue weighted by atomic mass is 31.2. The molecule has 1 aliphatic carbocycles. The molecule has 0 bridgehead atoms. The lowest BCUT2D eigenvalue weighted by Crippen LogP contribution is -2.69. The van der Waals surface area contributed by atoms with Gasteiger partial charge in [-0.2, -0.15) is 0 Å². The lowest BCUT2D eigenvalue weighted by molar-refractivity contribution is -0.360. The lowest BCUT2D eigenvalue weighted by Gasteiger charge is -2.49. The summed E-state index contributed by atoms with van der Waals surface area (Å²) >= 11 is 0. The number of phosphoric acid groups is 1. The highest BCUT2D eigenvalue weighted by Crippen LogP contribution is 2.49. The van der Waals surface area contributed by atoms with E-state index in [0.717, 1.165) is 89.9 Å². The zero-order valence-corrected chi connectivity index (χ0v) is 62.1. The van der Waals surface area contributed by atoms with E-state index in [1.165, 1.54) is 161 Å². The van der Waals surface area contributed by atoms with E-state index in [1.54, 1.807) is 0 Å². The van der Waals surface area contributed by atoms with Crippen molar-refractivity contribution in [3.63, 3.8) is 0 Å². The van der Waals surface area contributed by atoms with Crippen LogP contribution in [0.2, 0.25) is 0 Å². The number of carbonyl (C=O) groups is 3. The van der Waals surface area contributed by atoms with Crippen LogP contribution in [0.25, 0.3) is 0 Å². The number of unbranched alkanes of at least 4 members (excludes halogenated alkanes) is 36. The number of ether oxygens (including phenoxy) is 7. The van der Waals surface area contributed by atoms with Crippen molar-refractivity contribution in [2.75, 3.05) is 26.4 Å². The third-order valence-electron chi connectivity index (χ3n) is 19.8. The highest BCUT2D eigenvalue weighted by Gasteiger charge is 2.58. The van der Waals surface area contributed by atoms with E-state index in [-0.39, 0.29) is 19.3 Å².